The Labute approximate surface area is 135 Å². The van der Waals surface area contributed by atoms with Crippen molar-refractivity contribution in [1.29, 1.82) is 0 Å². The van der Waals surface area contributed by atoms with Gasteiger partial charge in [-0.1, -0.05) is 28.4 Å². The fourth-order valence-corrected chi connectivity index (χ4v) is 3.80. The molecule has 4 heteroatoms. The first-order chi connectivity index (χ1) is 10.1. The van der Waals surface area contributed by atoms with Crippen LogP contribution < -0.4 is 0 Å². The van der Waals surface area contributed by atoms with Crippen molar-refractivity contribution in [2.75, 3.05) is 26.2 Å². The Hall–Kier alpha value is -0.870. The highest BCUT2D eigenvalue weighted by atomic mass is 79.9. The molecule has 1 unspecified atom stereocenters. The van der Waals surface area contributed by atoms with Crippen molar-refractivity contribution >= 4 is 21.8 Å². The minimum Gasteiger partial charge on any atom is -0.337 e. The third-order valence-corrected chi connectivity index (χ3v) is 5.63. The topological polar surface area (TPSA) is 23.6 Å². The average molecular weight is 351 g/mol. The molecule has 2 saturated heterocycles. The lowest BCUT2D eigenvalue weighted by Crippen LogP contribution is -2.41. The summed E-state index contributed by atoms with van der Waals surface area (Å²) in [7, 11) is 0. The SMILES string of the molecule is Cc1ccc(C(=O)N2CCC(N3CCCCC3)C2)cc1Br. The normalized spacial score (nSPS) is 23.5. The summed E-state index contributed by atoms with van der Waals surface area (Å²) in [6.07, 6.45) is 5.12. The monoisotopic (exact) mass is 350 g/mol. The van der Waals surface area contributed by atoms with Crippen molar-refractivity contribution in [2.24, 2.45) is 0 Å². The smallest absolute Gasteiger partial charge is 0.253 e. The molecular weight excluding hydrogens is 328 g/mol. The van der Waals surface area contributed by atoms with E-state index in [-0.39, 0.29) is 5.91 Å². The van der Waals surface area contributed by atoms with E-state index in [1.54, 1.807) is 0 Å². The van der Waals surface area contributed by atoms with E-state index in [0.717, 1.165) is 29.5 Å². The van der Waals surface area contributed by atoms with Gasteiger partial charge in [0, 0.05) is 29.2 Å². The van der Waals surface area contributed by atoms with Crippen LogP contribution in [0.4, 0.5) is 0 Å². The van der Waals surface area contributed by atoms with E-state index < -0.39 is 0 Å². The van der Waals surface area contributed by atoms with Gasteiger partial charge in [-0.2, -0.15) is 0 Å². The van der Waals surface area contributed by atoms with Crippen molar-refractivity contribution in [1.82, 2.24) is 9.80 Å². The molecule has 2 fully saturated rings. The summed E-state index contributed by atoms with van der Waals surface area (Å²) in [6, 6.07) is 6.47. The second-order valence-corrected chi connectivity index (χ2v) is 7.11. The summed E-state index contributed by atoms with van der Waals surface area (Å²) in [5, 5.41) is 0. The number of rotatable bonds is 2. The van der Waals surface area contributed by atoms with Crippen LogP contribution in [0.25, 0.3) is 0 Å². The lowest BCUT2D eigenvalue weighted by molar-refractivity contribution is 0.0771. The molecule has 21 heavy (non-hydrogen) atoms. The Kier molecular flexibility index (Phi) is 4.65. The average Bonchev–Trinajstić information content (AvgIpc) is 3.00. The van der Waals surface area contributed by atoms with Crippen molar-refractivity contribution < 1.29 is 4.79 Å². The lowest BCUT2D eigenvalue weighted by Gasteiger charge is -2.32. The Morgan fingerprint density at radius 2 is 1.95 bits per heavy atom. The fourth-order valence-electron chi connectivity index (χ4n) is 3.42. The molecule has 0 radical (unpaired) electrons. The molecule has 114 valence electrons. The molecule has 2 heterocycles. The van der Waals surface area contributed by atoms with Crippen LogP contribution in [0.15, 0.2) is 22.7 Å². The van der Waals surface area contributed by atoms with E-state index >= 15 is 0 Å². The van der Waals surface area contributed by atoms with Gasteiger partial charge in [-0.25, -0.2) is 0 Å². The lowest BCUT2D eigenvalue weighted by atomic mass is 10.1. The third-order valence-electron chi connectivity index (χ3n) is 4.78. The highest BCUT2D eigenvalue weighted by Crippen LogP contribution is 2.23. The number of halogens is 1. The molecule has 3 nitrogen and oxygen atoms in total. The van der Waals surface area contributed by atoms with Crippen LogP contribution in [0.2, 0.25) is 0 Å². The number of carbonyl (C=O) groups is 1. The quantitative estimate of drug-likeness (QED) is 0.815. The first-order valence-corrected chi connectivity index (χ1v) is 8.74. The van der Waals surface area contributed by atoms with E-state index in [0.29, 0.717) is 6.04 Å². The summed E-state index contributed by atoms with van der Waals surface area (Å²) < 4.78 is 1.01. The maximum absolute atomic E-state index is 12.6. The number of hydrogen-bond acceptors (Lipinski definition) is 2. The molecule has 0 bridgehead atoms. The van der Waals surface area contributed by atoms with E-state index in [2.05, 4.69) is 20.8 Å². The van der Waals surface area contributed by atoms with Crippen LogP contribution in [0, 0.1) is 6.92 Å². The zero-order valence-corrected chi connectivity index (χ0v) is 14.2. The molecule has 0 N–H and O–H groups in total. The summed E-state index contributed by atoms with van der Waals surface area (Å²) >= 11 is 3.52. The summed E-state index contributed by atoms with van der Waals surface area (Å²) in [5.74, 6) is 0.176. The molecule has 1 aromatic carbocycles. The van der Waals surface area contributed by atoms with Crippen molar-refractivity contribution in [3.63, 3.8) is 0 Å². The van der Waals surface area contributed by atoms with Crippen molar-refractivity contribution in [2.45, 2.75) is 38.6 Å². The van der Waals surface area contributed by atoms with Gasteiger partial charge in [-0.05, 0) is 57.0 Å². The Bertz CT molecular complexity index is 526. The van der Waals surface area contributed by atoms with Gasteiger partial charge >= 0.3 is 0 Å². The zero-order valence-electron chi connectivity index (χ0n) is 12.6. The Balaban J connectivity index is 1.64. The van der Waals surface area contributed by atoms with Gasteiger partial charge in [0.05, 0.1) is 0 Å². The molecular formula is C17H23BrN2O. The van der Waals surface area contributed by atoms with Gasteiger partial charge in [-0.15, -0.1) is 0 Å². The molecule has 1 atom stereocenters. The van der Waals surface area contributed by atoms with Crippen LogP contribution >= 0.6 is 15.9 Å². The summed E-state index contributed by atoms with van der Waals surface area (Å²) in [4.78, 5) is 17.2. The molecule has 2 aliphatic heterocycles. The molecule has 1 aromatic rings. The van der Waals surface area contributed by atoms with Gasteiger partial charge in [0.15, 0.2) is 0 Å². The van der Waals surface area contributed by atoms with Crippen LogP contribution in [0.1, 0.15) is 41.6 Å². The number of benzene rings is 1. The minimum absolute atomic E-state index is 0.176. The second-order valence-electron chi connectivity index (χ2n) is 6.25. The fraction of sp³-hybridized carbons (Fsp3) is 0.588. The zero-order chi connectivity index (χ0) is 14.8. The molecule has 1 amide bonds. The molecule has 0 aliphatic carbocycles. The summed E-state index contributed by atoms with van der Waals surface area (Å²) in [5.41, 5.74) is 1.96. The Morgan fingerprint density at radius 3 is 2.67 bits per heavy atom. The first-order valence-electron chi connectivity index (χ1n) is 7.94. The second kappa shape index (κ2) is 6.49. The van der Waals surface area contributed by atoms with Gasteiger partial charge in [0.1, 0.15) is 0 Å². The van der Waals surface area contributed by atoms with Crippen LogP contribution in [-0.2, 0) is 0 Å². The van der Waals surface area contributed by atoms with E-state index in [1.807, 2.05) is 30.0 Å². The summed E-state index contributed by atoms with van der Waals surface area (Å²) in [6.45, 7) is 6.25. The number of carbonyl (C=O) groups excluding carboxylic acids is 1. The van der Waals surface area contributed by atoms with Crippen LogP contribution in [-0.4, -0.2) is 47.9 Å². The highest BCUT2D eigenvalue weighted by Gasteiger charge is 2.31. The van der Waals surface area contributed by atoms with E-state index in [1.165, 1.54) is 37.9 Å². The number of piperidine rings is 1. The number of aryl methyl sites for hydroxylation is 1. The maximum Gasteiger partial charge on any atom is 0.253 e. The van der Waals surface area contributed by atoms with E-state index in [4.69, 9.17) is 0 Å². The predicted octanol–water partition coefficient (Wildman–Crippen LogP) is 3.46. The third kappa shape index (κ3) is 3.32. The van der Waals surface area contributed by atoms with E-state index in [9.17, 15) is 4.79 Å². The van der Waals surface area contributed by atoms with Crippen LogP contribution in [0.3, 0.4) is 0 Å². The highest BCUT2D eigenvalue weighted by molar-refractivity contribution is 9.10. The first kappa shape index (κ1) is 15.0. The molecule has 2 aliphatic rings. The predicted molar refractivity (Wildman–Crippen MR) is 88.6 cm³/mol. The maximum atomic E-state index is 12.6. The standard InChI is InChI=1S/C17H23BrN2O/c1-13-5-6-14(11-16(13)18)17(21)20-10-7-15(12-20)19-8-3-2-4-9-19/h5-6,11,15H,2-4,7-10,12H2,1H3. The molecule has 0 spiro atoms. The van der Waals surface area contributed by atoms with Crippen molar-refractivity contribution in [3.05, 3.63) is 33.8 Å². The van der Waals surface area contributed by atoms with Gasteiger partial charge in [-0.3, -0.25) is 9.69 Å². The number of amides is 1. The van der Waals surface area contributed by atoms with Gasteiger partial charge in [0.25, 0.3) is 5.91 Å². The minimum atomic E-state index is 0.176. The van der Waals surface area contributed by atoms with Gasteiger partial charge in [0.2, 0.25) is 0 Å². The number of nitrogens with zero attached hydrogens (tertiary/aromatic N) is 2. The number of likely N-dealkylation sites (tertiary alicyclic amines) is 2. The van der Waals surface area contributed by atoms with Crippen LogP contribution in [0.5, 0.6) is 0 Å². The van der Waals surface area contributed by atoms with Crippen molar-refractivity contribution in [3.8, 4) is 0 Å². The largest absolute Gasteiger partial charge is 0.337 e. The Morgan fingerprint density at radius 1 is 1.19 bits per heavy atom. The number of hydrogen-bond donors (Lipinski definition) is 0. The van der Waals surface area contributed by atoms with Gasteiger partial charge < -0.3 is 4.90 Å². The molecule has 3 rings (SSSR count). The molecule has 0 aromatic heterocycles. The molecule has 0 saturated carbocycles.